The highest BCUT2D eigenvalue weighted by atomic mass is 19.1. The summed E-state index contributed by atoms with van der Waals surface area (Å²) in [6, 6.07) is 17.6. The number of benzene rings is 2. The van der Waals surface area contributed by atoms with Gasteiger partial charge in [-0.2, -0.15) is 5.26 Å². The number of hydrogen-bond donors (Lipinski definition) is 0. The SMILES string of the molecule is CCN1CCC(N2c3cc(C#N)ccc3CC2C)CC1.Fc1ccccc1. The number of hydrogen-bond acceptors (Lipinski definition) is 3. The van der Waals surface area contributed by atoms with Gasteiger partial charge in [-0.3, -0.25) is 0 Å². The van der Waals surface area contributed by atoms with Gasteiger partial charge in [-0.1, -0.05) is 31.2 Å². The molecule has 0 radical (unpaired) electrons. The van der Waals surface area contributed by atoms with Crippen LogP contribution < -0.4 is 4.90 Å². The lowest BCUT2D eigenvalue weighted by atomic mass is 10.0. The van der Waals surface area contributed by atoms with Crippen LogP contribution in [0.3, 0.4) is 0 Å². The number of halogens is 1. The second-order valence-electron chi connectivity index (χ2n) is 7.38. The van der Waals surface area contributed by atoms with Gasteiger partial charge in [-0.15, -0.1) is 0 Å². The van der Waals surface area contributed by atoms with Gasteiger partial charge >= 0.3 is 0 Å². The summed E-state index contributed by atoms with van der Waals surface area (Å²) < 4.78 is 11.9. The highest BCUT2D eigenvalue weighted by Gasteiger charge is 2.33. The Morgan fingerprint density at radius 2 is 1.81 bits per heavy atom. The van der Waals surface area contributed by atoms with Crippen molar-refractivity contribution in [3.8, 4) is 6.07 Å². The third kappa shape index (κ3) is 4.67. The molecule has 2 aromatic rings. The quantitative estimate of drug-likeness (QED) is 0.778. The number of nitrogens with zero attached hydrogens (tertiary/aromatic N) is 3. The van der Waals surface area contributed by atoms with Crippen molar-refractivity contribution in [3.63, 3.8) is 0 Å². The molecule has 142 valence electrons. The second kappa shape index (κ2) is 9.01. The zero-order valence-electron chi connectivity index (χ0n) is 16.2. The fraction of sp³-hybridized carbons (Fsp3) is 0.435. The average molecular weight is 365 g/mol. The van der Waals surface area contributed by atoms with E-state index in [1.165, 1.54) is 49.3 Å². The van der Waals surface area contributed by atoms with Gasteiger partial charge in [0.1, 0.15) is 5.82 Å². The third-order valence-electron chi connectivity index (χ3n) is 5.61. The van der Waals surface area contributed by atoms with Crippen molar-refractivity contribution in [2.75, 3.05) is 24.5 Å². The number of fused-ring (bicyclic) bond motifs is 1. The molecule has 0 N–H and O–H groups in total. The first-order chi connectivity index (χ1) is 13.1. The van der Waals surface area contributed by atoms with E-state index in [4.69, 9.17) is 5.26 Å². The monoisotopic (exact) mass is 365 g/mol. The number of piperidine rings is 1. The molecule has 0 saturated carbocycles. The molecule has 4 rings (SSSR count). The zero-order valence-corrected chi connectivity index (χ0v) is 16.2. The van der Waals surface area contributed by atoms with Crippen molar-refractivity contribution < 1.29 is 4.39 Å². The third-order valence-corrected chi connectivity index (χ3v) is 5.61. The van der Waals surface area contributed by atoms with Crippen LogP contribution in [0.15, 0.2) is 48.5 Å². The Bertz CT molecular complexity index is 776. The van der Waals surface area contributed by atoms with Crippen LogP contribution in [0.1, 0.15) is 37.8 Å². The van der Waals surface area contributed by atoms with Crippen molar-refractivity contribution in [2.45, 2.75) is 45.2 Å². The maximum absolute atomic E-state index is 11.9. The molecule has 2 aliphatic rings. The molecule has 1 atom stereocenters. The molecular formula is C23H28FN3. The summed E-state index contributed by atoms with van der Waals surface area (Å²) in [5.74, 6) is -0.178. The molecular weight excluding hydrogens is 337 g/mol. The Hall–Kier alpha value is -2.38. The smallest absolute Gasteiger partial charge is 0.123 e. The van der Waals surface area contributed by atoms with Gasteiger partial charge < -0.3 is 9.80 Å². The zero-order chi connectivity index (χ0) is 19.2. The maximum Gasteiger partial charge on any atom is 0.123 e. The summed E-state index contributed by atoms with van der Waals surface area (Å²) in [5.41, 5.74) is 3.51. The van der Waals surface area contributed by atoms with Crippen LogP contribution >= 0.6 is 0 Å². The first-order valence-electron chi connectivity index (χ1n) is 9.86. The Morgan fingerprint density at radius 3 is 2.37 bits per heavy atom. The molecule has 0 bridgehead atoms. The number of nitriles is 1. The van der Waals surface area contributed by atoms with Crippen molar-refractivity contribution >= 4 is 5.69 Å². The van der Waals surface area contributed by atoms with Gasteiger partial charge in [-0.25, -0.2) is 4.39 Å². The van der Waals surface area contributed by atoms with E-state index >= 15 is 0 Å². The van der Waals surface area contributed by atoms with Crippen LogP contribution in [0, 0.1) is 17.1 Å². The topological polar surface area (TPSA) is 30.3 Å². The maximum atomic E-state index is 11.9. The molecule has 0 amide bonds. The molecule has 3 nitrogen and oxygen atoms in total. The lowest BCUT2D eigenvalue weighted by Crippen LogP contribution is -2.47. The average Bonchev–Trinajstić information content (AvgIpc) is 3.04. The van der Waals surface area contributed by atoms with E-state index in [9.17, 15) is 4.39 Å². The molecule has 0 aliphatic carbocycles. The summed E-state index contributed by atoms with van der Waals surface area (Å²) in [6.07, 6.45) is 3.61. The van der Waals surface area contributed by atoms with Crippen LogP contribution in [0.4, 0.5) is 10.1 Å². The fourth-order valence-electron chi connectivity index (χ4n) is 4.19. The second-order valence-corrected chi connectivity index (χ2v) is 7.38. The predicted octanol–water partition coefficient (Wildman–Crippen LogP) is 4.62. The van der Waals surface area contributed by atoms with E-state index in [1.54, 1.807) is 18.2 Å². The molecule has 2 aliphatic heterocycles. The number of rotatable bonds is 2. The summed E-state index contributed by atoms with van der Waals surface area (Å²) in [6.45, 7) is 8.14. The largest absolute Gasteiger partial charge is 0.365 e. The van der Waals surface area contributed by atoms with Crippen LogP contribution in [0.25, 0.3) is 0 Å². The van der Waals surface area contributed by atoms with Crippen molar-refractivity contribution in [3.05, 3.63) is 65.5 Å². The first-order valence-corrected chi connectivity index (χ1v) is 9.86. The molecule has 4 heteroatoms. The highest BCUT2D eigenvalue weighted by Crippen LogP contribution is 2.36. The lowest BCUT2D eigenvalue weighted by molar-refractivity contribution is 0.216. The van der Waals surface area contributed by atoms with Gasteiger partial charge in [0, 0.05) is 30.9 Å². The Labute approximate surface area is 162 Å². The number of likely N-dealkylation sites (tertiary alicyclic amines) is 1. The van der Waals surface area contributed by atoms with Gasteiger partial charge in [0.2, 0.25) is 0 Å². The van der Waals surface area contributed by atoms with Crippen LogP contribution in [-0.2, 0) is 6.42 Å². The van der Waals surface area contributed by atoms with E-state index in [2.05, 4.69) is 41.8 Å². The van der Waals surface area contributed by atoms with Crippen molar-refractivity contribution in [2.24, 2.45) is 0 Å². The molecule has 1 unspecified atom stereocenters. The molecule has 1 saturated heterocycles. The van der Waals surface area contributed by atoms with E-state index in [1.807, 2.05) is 6.07 Å². The standard InChI is InChI=1S/C17H23N3.C6H5F/c1-3-19-8-6-16(7-9-19)20-13(2)10-15-5-4-14(12-18)11-17(15)20;7-6-4-2-1-3-5-6/h4-5,11,13,16H,3,6-10H2,1-2H3;1-5H. The summed E-state index contributed by atoms with van der Waals surface area (Å²) in [7, 11) is 0. The van der Waals surface area contributed by atoms with Crippen LogP contribution in [0.5, 0.6) is 0 Å². The predicted molar refractivity (Wildman–Crippen MR) is 108 cm³/mol. The molecule has 0 aromatic heterocycles. The molecule has 2 heterocycles. The minimum Gasteiger partial charge on any atom is -0.365 e. The normalized spacial score (nSPS) is 19.8. The van der Waals surface area contributed by atoms with Crippen LogP contribution in [-0.4, -0.2) is 36.6 Å². The minimum absolute atomic E-state index is 0.178. The van der Waals surface area contributed by atoms with Crippen molar-refractivity contribution in [1.29, 1.82) is 5.26 Å². The van der Waals surface area contributed by atoms with Gasteiger partial charge in [-0.05, 0) is 62.6 Å². The highest BCUT2D eigenvalue weighted by molar-refractivity contribution is 5.63. The Balaban J connectivity index is 0.000000253. The Kier molecular flexibility index (Phi) is 6.47. The van der Waals surface area contributed by atoms with Gasteiger partial charge in [0.15, 0.2) is 0 Å². The Morgan fingerprint density at radius 1 is 1.11 bits per heavy atom. The lowest BCUT2D eigenvalue weighted by Gasteiger charge is -2.40. The first kappa shape index (κ1) is 19.4. The van der Waals surface area contributed by atoms with Gasteiger partial charge in [0.05, 0.1) is 11.6 Å². The number of anilines is 1. The molecule has 0 spiro atoms. The van der Waals surface area contributed by atoms with Crippen molar-refractivity contribution in [1.82, 2.24) is 4.90 Å². The molecule has 1 fully saturated rings. The van der Waals surface area contributed by atoms with Crippen LogP contribution in [0.2, 0.25) is 0 Å². The molecule has 2 aromatic carbocycles. The van der Waals surface area contributed by atoms with E-state index in [0.29, 0.717) is 12.1 Å². The molecule has 27 heavy (non-hydrogen) atoms. The summed E-state index contributed by atoms with van der Waals surface area (Å²) in [4.78, 5) is 5.12. The van der Waals surface area contributed by atoms with E-state index < -0.39 is 0 Å². The van der Waals surface area contributed by atoms with Gasteiger partial charge in [0.25, 0.3) is 0 Å². The minimum atomic E-state index is -0.178. The fourth-order valence-corrected chi connectivity index (χ4v) is 4.19. The summed E-state index contributed by atoms with van der Waals surface area (Å²) >= 11 is 0. The summed E-state index contributed by atoms with van der Waals surface area (Å²) in [5, 5.41) is 9.12. The van der Waals surface area contributed by atoms with E-state index in [-0.39, 0.29) is 5.82 Å². The van der Waals surface area contributed by atoms with E-state index in [0.717, 1.165) is 18.5 Å².